The number of carbonyl (C=O) groups excluding carboxylic acids is 1. The first-order chi connectivity index (χ1) is 12.2. The zero-order chi connectivity index (χ0) is 19.3. The predicted octanol–water partition coefficient (Wildman–Crippen LogP) is 2.82. The van der Waals surface area contributed by atoms with E-state index in [1.54, 1.807) is 19.1 Å². The van der Waals surface area contributed by atoms with Crippen molar-refractivity contribution in [3.05, 3.63) is 65.2 Å². The van der Waals surface area contributed by atoms with Crippen LogP contribution >= 0.6 is 0 Å². The third kappa shape index (κ3) is 5.34. The van der Waals surface area contributed by atoms with Gasteiger partial charge in [0.05, 0.1) is 10.9 Å². The van der Waals surface area contributed by atoms with Crippen molar-refractivity contribution in [2.24, 2.45) is 0 Å². The highest BCUT2D eigenvalue weighted by Gasteiger charge is 2.16. The zero-order valence-corrected chi connectivity index (χ0v) is 15.2. The highest BCUT2D eigenvalue weighted by atomic mass is 32.2. The summed E-state index contributed by atoms with van der Waals surface area (Å²) in [4.78, 5) is 12.0. The summed E-state index contributed by atoms with van der Waals surface area (Å²) in [6.07, 6.45) is -0.113. The Morgan fingerprint density at radius 3 is 2.38 bits per heavy atom. The van der Waals surface area contributed by atoms with Gasteiger partial charge in [-0.2, -0.15) is 0 Å². The summed E-state index contributed by atoms with van der Waals surface area (Å²) in [5, 5.41) is 2.55. The molecule has 1 atom stereocenters. The van der Waals surface area contributed by atoms with Gasteiger partial charge in [-0.1, -0.05) is 23.8 Å². The van der Waals surface area contributed by atoms with E-state index in [0.29, 0.717) is 0 Å². The van der Waals surface area contributed by atoms with Gasteiger partial charge in [-0.3, -0.25) is 4.79 Å². The molecule has 0 aliphatic heterocycles. The molecule has 0 spiro atoms. The molecule has 0 heterocycles. The van der Waals surface area contributed by atoms with Gasteiger partial charge in [0, 0.05) is 24.6 Å². The van der Waals surface area contributed by atoms with Crippen LogP contribution in [0.25, 0.3) is 0 Å². The minimum absolute atomic E-state index is 0.0966. The molecular weight excluding hydrogens is 362 g/mol. The van der Waals surface area contributed by atoms with Crippen LogP contribution in [0.3, 0.4) is 0 Å². The molecule has 0 fully saturated rings. The standard InChI is InChI=1S/C18H20F2N2O3S/c1-12-3-6-15(7-4-12)26(24,25)21-10-9-18(23)22-13(2)16-8-5-14(19)11-17(16)20/h3-8,11,13,21H,9-10H2,1-2H3,(H,22,23)/t13-/m0/s1. The molecule has 0 aromatic heterocycles. The molecule has 26 heavy (non-hydrogen) atoms. The quantitative estimate of drug-likeness (QED) is 0.773. The van der Waals surface area contributed by atoms with E-state index in [0.717, 1.165) is 17.7 Å². The fourth-order valence-electron chi connectivity index (χ4n) is 2.34. The molecule has 1 amide bonds. The molecule has 0 bridgehead atoms. The smallest absolute Gasteiger partial charge is 0.240 e. The summed E-state index contributed by atoms with van der Waals surface area (Å²) in [5.74, 6) is -1.90. The molecule has 0 aliphatic rings. The Hall–Kier alpha value is -2.32. The predicted molar refractivity (Wildman–Crippen MR) is 93.9 cm³/mol. The van der Waals surface area contributed by atoms with Gasteiger partial charge in [-0.25, -0.2) is 21.9 Å². The van der Waals surface area contributed by atoms with Crippen LogP contribution in [0.2, 0.25) is 0 Å². The maximum Gasteiger partial charge on any atom is 0.240 e. The number of nitrogens with one attached hydrogen (secondary N) is 2. The normalized spacial score (nSPS) is 12.6. The van der Waals surface area contributed by atoms with Crippen LogP contribution in [0, 0.1) is 18.6 Å². The summed E-state index contributed by atoms with van der Waals surface area (Å²) in [6, 6.07) is 8.77. The summed E-state index contributed by atoms with van der Waals surface area (Å²) in [5.41, 5.74) is 1.09. The van der Waals surface area contributed by atoms with Gasteiger partial charge in [0.15, 0.2) is 0 Å². The lowest BCUT2D eigenvalue weighted by Crippen LogP contribution is -2.32. The summed E-state index contributed by atoms with van der Waals surface area (Å²) < 4.78 is 53.2. The van der Waals surface area contributed by atoms with Gasteiger partial charge in [0.25, 0.3) is 0 Å². The van der Waals surface area contributed by atoms with Crippen LogP contribution in [0.15, 0.2) is 47.4 Å². The van der Waals surface area contributed by atoms with Gasteiger partial charge in [-0.05, 0) is 32.0 Å². The first-order valence-corrected chi connectivity index (χ1v) is 9.48. The lowest BCUT2D eigenvalue weighted by molar-refractivity contribution is -0.121. The second-order valence-electron chi connectivity index (χ2n) is 5.92. The summed E-state index contributed by atoms with van der Waals surface area (Å²) >= 11 is 0. The van der Waals surface area contributed by atoms with Crippen LogP contribution < -0.4 is 10.0 Å². The van der Waals surface area contributed by atoms with Gasteiger partial charge < -0.3 is 5.32 Å². The number of carbonyl (C=O) groups is 1. The maximum absolute atomic E-state index is 13.7. The van der Waals surface area contributed by atoms with E-state index >= 15 is 0 Å². The third-order valence-electron chi connectivity index (χ3n) is 3.78. The second kappa shape index (κ2) is 8.37. The van der Waals surface area contributed by atoms with Gasteiger partial charge in [0.2, 0.25) is 15.9 Å². The molecule has 140 valence electrons. The van der Waals surface area contributed by atoms with Gasteiger partial charge >= 0.3 is 0 Å². The maximum atomic E-state index is 13.7. The van der Waals surface area contributed by atoms with Gasteiger partial charge in [-0.15, -0.1) is 0 Å². The van der Waals surface area contributed by atoms with Crippen molar-refractivity contribution < 1.29 is 22.0 Å². The molecule has 0 saturated heterocycles. The third-order valence-corrected chi connectivity index (χ3v) is 5.26. The summed E-state index contributed by atoms with van der Waals surface area (Å²) in [7, 11) is -3.70. The number of sulfonamides is 1. The topological polar surface area (TPSA) is 75.3 Å². The minimum Gasteiger partial charge on any atom is -0.349 e. The Bertz CT molecular complexity index is 884. The molecule has 2 aromatic carbocycles. The van der Waals surface area contributed by atoms with Crippen molar-refractivity contribution in [3.8, 4) is 0 Å². The number of halogens is 2. The first-order valence-electron chi connectivity index (χ1n) is 7.99. The van der Waals surface area contributed by atoms with Crippen LogP contribution in [-0.2, 0) is 14.8 Å². The fraction of sp³-hybridized carbons (Fsp3) is 0.278. The average Bonchev–Trinajstić information content (AvgIpc) is 2.54. The van der Waals surface area contributed by atoms with E-state index in [-0.39, 0.29) is 23.4 Å². The molecule has 0 unspecified atom stereocenters. The van der Waals surface area contributed by atoms with E-state index in [9.17, 15) is 22.0 Å². The molecule has 2 rings (SSSR count). The minimum atomic E-state index is -3.70. The number of rotatable bonds is 7. The van der Waals surface area contributed by atoms with Crippen molar-refractivity contribution >= 4 is 15.9 Å². The Morgan fingerprint density at radius 2 is 1.77 bits per heavy atom. The number of benzene rings is 2. The van der Waals surface area contributed by atoms with E-state index in [4.69, 9.17) is 0 Å². The Labute approximate surface area is 151 Å². The number of hydrogen-bond donors (Lipinski definition) is 2. The zero-order valence-electron chi connectivity index (χ0n) is 14.4. The Morgan fingerprint density at radius 1 is 1.12 bits per heavy atom. The van der Waals surface area contributed by atoms with Crippen molar-refractivity contribution in [3.63, 3.8) is 0 Å². The molecule has 2 aromatic rings. The molecule has 0 aliphatic carbocycles. The highest BCUT2D eigenvalue weighted by molar-refractivity contribution is 7.89. The van der Waals surface area contributed by atoms with E-state index in [1.807, 2.05) is 6.92 Å². The largest absolute Gasteiger partial charge is 0.349 e. The van der Waals surface area contributed by atoms with Crippen molar-refractivity contribution in [1.82, 2.24) is 10.0 Å². The summed E-state index contributed by atoms with van der Waals surface area (Å²) in [6.45, 7) is 3.31. The van der Waals surface area contributed by atoms with Crippen molar-refractivity contribution in [1.29, 1.82) is 0 Å². The van der Waals surface area contributed by atoms with E-state index < -0.39 is 33.6 Å². The van der Waals surface area contributed by atoms with Crippen LogP contribution in [0.1, 0.15) is 30.5 Å². The SMILES string of the molecule is Cc1ccc(S(=O)(=O)NCCC(=O)N[C@@H](C)c2ccc(F)cc2F)cc1. The average molecular weight is 382 g/mol. The fourth-order valence-corrected chi connectivity index (χ4v) is 3.38. The number of hydrogen-bond acceptors (Lipinski definition) is 3. The van der Waals surface area contributed by atoms with E-state index in [1.165, 1.54) is 18.2 Å². The van der Waals surface area contributed by atoms with Gasteiger partial charge in [0.1, 0.15) is 11.6 Å². The lowest BCUT2D eigenvalue weighted by Gasteiger charge is -2.15. The van der Waals surface area contributed by atoms with Crippen molar-refractivity contribution in [2.45, 2.75) is 31.2 Å². The molecule has 5 nitrogen and oxygen atoms in total. The second-order valence-corrected chi connectivity index (χ2v) is 7.68. The molecule has 2 N–H and O–H groups in total. The lowest BCUT2D eigenvalue weighted by atomic mass is 10.1. The number of aryl methyl sites for hydroxylation is 1. The Kier molecular flexibility index (Phi) is 6.44. The highest BCUT2D eigenvalue weighted by Crippen LogP contribution is 2.17. The Balaban J connectivity index is 1.87. The monoisotopic (exact) mass is 382 g/mol. The van der Waals surface area contributed by atoms with E-state index in [2.05, 4.69) is 10.0 Å². The van der Waals surface area contributed by atoms with Crippen molar-refractivity contribution in [2.75, 3.05) is 6.54 Å². The molecule has 8 heteroatoms. The molecule has 0 saturated carbocycles. The van der Waals surface area contributed by atoms with Crippen LogP contribution in [0.4, 0.5) is 8.78 Å². The van der Waals surface area contributed by atoms with Crippen LogP contribution in [0.5, 0.6) is 0 Å². The number of amides is 1. The van der Waals surface area contributed by atoms with Crippen LogP contribution in [-0.4, -0.2) is 20.9 Å². The molecule has 0 radical (unpaired) electrons. The molecular formula is C18H20F2N2O3S. The first kappa shape index (κ1) is 20.0.